The van der Waals surface area contributed by atoms with Crippen molar-refractivity contribution < 1.29 is 14.3 Å². The normalized spacial score (nSPS) is 11.3. The van der Waals surface area contributed by atoms with Crippen molar-refractivity contribution in [2.45, 2.75) is 12.5 Å². The summed E-state index contributed by atoms with van der Waals surface area (Å²) < 4.78 is 4.75. The maximum absolute atomic E-state index is 12.0. The molecule has 1 atom stereocenters. The van der Waals surface area contributed by atoms with Gasteiger partial charge in [0.15, 0.2) is 0 Å². The van der Waals surface area contributed by atoms with Crippen LogP contribution in [-0.4, -0.2) is 25.2 Å². The van der Waals surface area contributed by atoms with Crippen LogP contribution in [0.5, 0.6) is 0 Å². The second-order valence-corrected chi connectivity index (χ2v) is 4.73. The van der Waals surface area contributed by atoms with Crippen LogP contribution in [0.3, 0.4) is 0 Å². The van der Waals surface area contributed by atoms with Crippen molar-refractivity contribution in [1.29, 1.82) is 0 Å². The highest BCUT2D eigenvalue weighted by molar-refractivity contribution is 5.92. The third-order valence-corrected chi connectivity index (χ3v) is 3.11. The second-order valence-electron chi connectivity index (χ2n) is 4.73. The lowest BCUT2D eigenvalue weighted by molar-refractivity contribution is -0.142. The van der Waals surface area contributed by atoms with E-state index in [9.17, 15) is 9.59 Å². The smallest absolute Gasteiger partial charge is 0.328 e. The first-order valence-corrected chi connectivity index (χ1v) is 6.93. The Morgan fingerprint density at radius 1 is 1.00 bits per heavy atom. The zero-order valence-electron chi connectivity index (χ0n) is 12.3. The molecule has 0 aromatic heterocycles. The molecule has 2 aromatic carbocycles. The lowest BCUT2D eigenvalue weighted by Crippen LogP contribution is -2.45. The van der Waals surface area contributed by atoms with Crippen LogP contribution >= 0.6 is 0 Å². The zero-order valence-corrected chi connectivity index (χ0v) is 12.3. The number of amides is 2. The van der Waals surface area contributed by atoms with Crippen molar-refractivity contribution in [3.63, 3.8) is 0 Å². The van der Waals surface area contributed by atoms with Gasteiger partial charge in [-0.1, -0.05) is 48.5 Å². The van der Waals surface area contributed by atoms with Gasteiger partial charge in [-0.15, -0.1) is 0 Å². The minimum absolute atomic E-state index is 0.371. The van der Waals surface area contributed by atoms with E-state index in [-0.39, 0.29) is 0 Å². The van der Waals surface area contributed by atoms with Gasteiger partial charge < -0.3 is 15.4 Å². The number of carbonyl (C=O) groups is 2. The van der Waals surface area contributed by atoms with Crippen LogP contribution < -0.4 is 10.6 Å². The van der Waals surface area contributed by atoms with Gasteiger partial charge in [0.05, 0.1) is 7.11 Å². The fourth-order valence-corrected chi connectivity index (χ4v) is 2.03. The molecule has 2 N–H and O–H groups in total. The summed E-state index contributed by atoms with van der Waals surface area (Å²) in [5.41, 5.74) is 1.60. The van der Waals surface area contributed by atoms with Crippen molar-refractivity contribution in [3.05, 3.63) is 66.2 Å². The summed E-state index contributed by atoms with van der Waals surface area (Å²) >= 11 is 0. The third-order valence-electron chi connectivity index (χ3n) is 3.11. The van der Waals surface area contributed by atoms with Crippen LogP contribution in [0.2, 0.25) is 0 Å². The molecule has 0 unspecified atom stereocenters. The molecule has 0 heterocycles. The summed E-state index contributed by atoms with van der Waals surface area (Å²) in [6, 6.07) is 17.3. The third kappa shape index (κ3) is 4.63. The molecule has 0 spiro atoms. The maximum Gasteiger partial charge on any atom is 0.328 e. The molecule has 5 heteroatoms. The average molecular weight is 298 g/mol. The van der Waals surface area contributed by atoms with E-state index < -0.39 is 18.0 Å². The van der Waals surface area contributed by atoms with Crippen LogP contribution in [0.25, 0.3) is 0 Å². The number of urea groups is 1. The van der Waals surface area contributed by atoms with Crippen molar-refractivity contribution in [2.75, 3.05) is 12.4 Å². The first kappa shape index (κ1) is 15.6. The predicted molar refractivity (Wildman–Crippen MR) is 84.5 cm³/mol. The van der Waals surface area contributed by atoms with E-state index in [1.807, 2.05) is 48.5 Å². The fourth-order valence-electron chi connectivity index (χ4n) is 2.03. The summed E-state index contributed by atoms with van der Waals surface area (Å²) in [7, 11) is 1.30. The molecule has 0 radical (unpaired) electrons. The van der Waals surface area contributed by atoms with E-state index in [0.717, 1.165) is 5.56 Å². The van der Waals surface area contributed by atoms with Crippen LogP contribution in [0.1, 0.15) is 5.56 Å². The lowest BCUT2D eigenvalue weighted by Gasteiger charge is -2.17. The number of nitrogens with one attached hydrogen (secondary N) is 2. The molecule has 0 aliphatic carbocycles. The number of carbonyl (C=O) groups excluding carboxylic acids is 2. The number of para-hydroxylation sites is 1. The fraction of sp³-hybridized carbons (Fsp3) is 0.176. The summed E-state index contributed by atoms with van der Waals surface area (Å²) in [5, 5.41) is 5.32. The van der Waals surface area contributed by atoms with Gasteiger partial charge in [0, 0.05) is 12.1 Å². The van der Waals surface area contributed by atoms with Gasteiger partial charge >= 0.3 is 12.0 Å². The molecular formula is C17H18N2O3. The highest BCUT2D eigenvalue weighted by Crippen LogP contribution is 2.07. The molecule has 2 rings (SSSR count). The first-order valence-electron chi connectivity index (χ1n) is 6.93. The van der Waals surface area contributed by atoms with Crippen molar-refractivity contribution >= 4 is 17.7 Å². The topological polar surface area (TPSA) is 67.4 Å². The van der Waals surface area contributed by atoms with Crippen LogP contribution in [-0.2, 0) is 16.0 Å². The average Bonchev–Trinajstić information content (AvgIpc) is 2.55. The van der Waals surface area contributed by atoms with Crippen molar-refractivity contribution in [3.8, 4) is 0 Å². The number of esters is 1. The Bertz CT molecular complexity index is 614. The molecule has 0 aliphatic rings. The van der Waals surface area contributed by atoms with E-state index in [2.05, 4.69) is 10.6 Å². The van der Waals surface area contributed by atoms with Gasteiger partial charge in [-0.2, -0.15) is 0 Å². The van der Waals surface area contributed by atoms with Gasteiger partial charge in [0.1, 0.15) is 6.04 Å². The number of ether oxygens (including phenoxy) is 1. The second kappa shape index (κ2) is 7.83. The summed E-state index contributed by atoms with van der Waals surface area (Å²) in [4.78, 5) is 23.8. The number of anilines is 1. The number of rotatable bonds is 5. The molecule has 0 fully saturated rings. The molecule has 2 amide bonds. The van der Waals surface area contributed by atoms with E-state index in [4.69, 9.17) is 4.74 Å². The summed E-state index contributed by atoms with van der Waals surface area (Å²) in [6.07, 6.45) is 0.371. The lowest BCUT2D eigenvalue weighted by atomic mass is 10.1. The minimum atomic E-state index is -0.740. The van der Waals surface area contributed by atoms with E-state index >= 15 is 0 Å². The van der Waals surface area contributed by atoms with E-state index in [0.29, 0.717) is 12.1 Å². The zero-order chi connectivity index (χ0) is 15.8. The molecule has 0 bridgehead atoms. The maximum atomic E-state index is 12.0. The Hall–Kier alpha value is -2.82. The SMILES string of the molecule is COC(=O)[C@@H](Cc1ccccc1)NC(=O)Nc1ccccc1. The molecule has 2 aromatic rings. The summed E-state index contributed by atoms with van der Waals surface area (Å²) in [6.45, 7) is 0. The summed E-state index contributed by atoms with van der Waals surface area (Å²) in [5.74, 6) is -0.480. The number of benzene rings is 2. The Labute approximate surface area is 129 Å². The van der Waals surface area contributed by atoms with Gasteiger partial charge in [0.2, 0.25) is 0 Å². The van der Waals surface area contributed by atoms with Gasteiger partial charge in [-0.3, -0.25) is 0 Å². The molecule has 0 saturated carbocycles. The Kier molecular flexibility index (Phi) is 5.54. The minimum Gasteiger partial charge on any atom is -0.467 e. The number of hydrogen-bond donors (Lipinski definition) is 2. The molecule has 5 nitrogen and oxygen atoms in total. The monoisotopic (exact) mass is 298 g/mol. The Balaban J connectivity index is 2.00. The van der Waals surface area contributed by atoms with Crippen molar-refractivity contribution in [1.82, 2.24) is 5.32 Å². The molecule has 0 saturated heterocycles. The highest BCUT2D eigenvalue weighted by atomic mass is 16.5. The van der Waals surface area contributed by atoms with Gasteiger partial charge in [-0.25, -0.2) is 9.59 Å². The Morgan fingerprint density at radius 3 is 2.18 bits per heavy atom. The van der Waals surface area contributed by atoms with Crippen LogP contribution in [0.15, 0.2) is 60.7 Å². The van der Waals surface area contributed by atoms with E-state index in [1.165, 1.54) is 7.11 Å². The molecule has 0 aliphatic heterocycles. The molecule has 22 heavy (non-hydrogen) atoms. The number of hydrogen-bond acceptors (Lipinski definition) is 3. The van der Waals surface area contributed by atoms with Gasteiger partial charge in [-0.05, 0) is 17.7 Å². The van der Waals surface area contributed by atoms with Gasteiger partial charge in [0.25, 0.3) is 0 Å². The number of methoxy groups -OCH3 is 1. The standard InChI is InChI=1S/C17H18N2O3/c1-22-16(20)15(12-13-8-4-2-5-9-13)19-17(21)18-14-10-6-3-7-11-14/h2-11,15H,12H2,1H3,(H2,18,19,21)/t15-/m1/s1. The largest absolute Gasteiger partial charge is 0.467 e. The van der Waals surface area contributed by atoms with Crippen LogP contribution in [0.4, 0.5) is 10.5 Å². The quantitative estimate of drug-likeness (QED) is 0.834. The first-order chi connectivity index (χ1) is 10.7. The molecular weight excluding hydrogens is 280 g/mol. The molecule has 114 valence electrons. The van der Waals surface area contributed by atoms with E-state index in [1.54, 1.807) is 12.1 Å². The highest BCUT2D eigenvalue weighted by Gasteiger charge is 2.21. The van der Waals surface area contributed by atoms with Crippen molar-refractivity contribution in [2.24, 2.45) is 0 Å². The van der Waals surface area contributed by atoms with Crippen LogP contribution in [0, 0.1) is 0 Å². The predicted octanol–water partition coefficient (Wildman–Crippen LogP) is 2.59. The Morgan fingerprint density at radius 2 is 1.59 bits per heavy atom.